The van der Waals surface area contributed by atoms with Crippen LogP contribution in [0.15, 0.2) is 12.2 Å². The van der Waals surface area contributed by atoms with Crippen molar-refractivity contribution in [1.29, 1.82) is 0 Å². The van der Waals surface area contributed by atoms with Gasteiger partial charge in [0.25, 0.3) is 0 Å². The second-order valence-electron chi connectivity index (χ2n) is 23.3. The minimum absolute atomic E-state index is 0.0144. The first-order valence-corrected chi connectivity index (χ1v) is 23.9. The van der Waals surface area contributed by atoms with Gasteiger partial charge in [0.1, 0.15) is 61.0 Å². The number of aliphatic hydroxyl groups is 10. The van der Waals surface area contributed by atoms with Gasteiger partial charge >= 0.3 is 0 Å². The highest BCUT2D eigenvalue weighted by atomic mass is 16.8. The third kappa shape index (κ3) is 6.72. The Morgan fingerprint density at radius 1 is 0.672 bits per heavy atom. The Kier molecular flexibility index (Phi) is 12.3. The molecule has 0 unspecified atom stereocenters. The normalized spacial score (nSPS) is 59.0. The van der Waals surface area contributed by atoms with Crippen molar-refractivity contribution in [3.05, 3.63) is 12.2 Å². The van der Waals surface area contributed by atoms with Gasteiger partial charge in [0, 0.05) is 22.2 Å². The van der Waals surface area contributed by atoms with E-state index >= 15 is 0 Å². The minimum atomic E-state index is -1.80. The van der Waals surface area contributed by atoms with Crippen LogP contribution in [0.4, 0.5) is 0 Å². The lowest BCUT2D eigenvalue weighted by molar-refractivity contribution is -0.387. The third-order valence-corrected chi connectivity index (χ3v) is 19.6. The summed E-state index contributed by atoms with van der Waals surface area (Å²) < 4.78 is 43.2. The molecular formula is C47H76O17. The maximum absolute atomic E-state index is 12.2. The second kappa shape index (κ2) is 16.3. The van der Waals surface area contributed by atoms with Crippen LogP contribution in [0.5, 0.6) is 0 Å². The Morgan fingerprint density at radius 3 is 2.09 bits per heavy atom. The molecule has 25 atom stereocenters. The summed E-state index contributed by atoms with van der Waals surface area (Å²) in [6.07, 6.45) is -11.2. The fourth-order valence-electron chi connectivity index (χ4n) is 15.5. The molecule has 1 spiro atoms. The molecule has 4 saturated heterocycles. The summed E-state index contributed by atoms with van der Waals surface area (Å²) in [5.74, 6) is 0.319. The average molecular weight is 913 g/mol. The molecule has 5 aliphatic carbocycles. The second-order valence-corrected chi connectivity index (χ2v) is 23.3. The fourth-order valence-corrected chi connectivity index (χ4v) is 15.5. The molecule has 0 aromatic rings. The van der Waals surface area contributed by atoms with E-state index in [1.165, 1.54) is 0 Å². The van der Waals surface area contributed by atoms with E-state index in [-0.39, 0.29) is 51.4 Å². The summed E-state index contributed by atoms with van der Waals surface area (Å²) in [6, 6.07) is 0. The Bertz CT molecular complexity index is 1750. The lowest BCUT2D eigenvalue weighted by atomic mass is 9.32. The van der Waals surface area contributed by atoms with Crippen LogP contribution in [0.2, 0.25) is 0 Å². The van der Waals surface area contributed by atoms with Crippen molar-refractivity contribution in [1.82, 2.24) is 0 Å². The van der Waals surface area contributed by atoms with Crippen molar-refractivity contribution >= 4 is 0 Å². The van der Waals surface area contributed by atoms with E-state index in [2.05, 4.69) is 46.8 Å². The highest BCUT2D eigenvalue weighted by Gasteiger charge is 2.79. The van der Waals surface area contributed by atoms with Crippen LogP contribution < -0.4 is 0 Å². The van der Waals surface area contributed by atoms with Crippen LogP contribution in [-0.2, 0) is 33.2 Å². The van der Waals surface area contributed by atoms with Gasteiger partial charge in [-0.05, 0) is 86.4 Å². The van der Waals surface area contributed by atoms with Crippen molar-refractivity contribution in [2.24, 2.45) is 50.2 Å². The summed E-state index contributed by atoms with van der Waals surface area (Å²) in [4.78, 5) is 0. The first-order valence-electron chi connectivity index (χ1n) is 23.9. The Labute approximate surface area is 376 Å². The maximum Gasteiger partial charge on any atom is 0.187 e. The monoisotopic (exact) mass is 913 g/mol. The number of aliphatic hydroxyl groups excluding tert-OH is 10. The number of hydrogen-bond donors (Lipinski definition) is 10. The van der Waals surface area contributed by atoms with Crippen molar-refractivity contribution in [2.75, 3.05) is 26.4 Å². The molecule has 17 nitrogen and oxygen atoms in total. The molecule has 10 N–H and O–H groups in total. The predicted octanol–water partition coefficient (Wildman–Crippen LogP) is 0.240. The van der Waals surface area contributed by atoms with Crippen molar-refractivity contribution in [3.63, 3.8) is 0 Å². The van der Waals surface area contributed by atoms with E-state index in [0.29, 0.717) is 19.4 Å². The molecule has 9 rings (SSSR count). The molecule has 4 saturated carbocycles. The molecule has 9 aliphatic rings. The molecule has 0 aromatic carbocycles. The molecule has 64 heavy (non-hydrogen) atoms. The smallest absolute Gasteiger partial charge is 0.187 e. The van der Waals surface area contributed by atoms with Gasteiger partial charge in [-0.25, -0.2) is 0 Å². The predicted molar refractivity (Wildman–Crippen MR) is 223 cm³/mol. The van der Waals surface area contributed by atoms with Crippen molar-refractivity contribution in [2.45, 2.75) is 204 Å². The van der Waals surface area contributed by atoms with Gasteiger partial charge in [-0.2, -0.15) is 0 Å². The van der Waals surface area contributed by atoms with E-state index in [1.54, 1.807) is 6.92 Å². The number of allylic oxidation sites excluding steroid dienone is 1. The zero-order chi connectivity index (χ0) is 46.3. The van der Waals surface area contributed by atoms with Gasteiger partial charge in [0.05, 0.1) is 50.3 Å². The molecule has 4 heterocycles. The topological polar surface area (TPSA) is 267 Å². The van der Waals surface area contributed by atoms with Crippen LogP contribution in [0.3, 0.4) is 0 Å². The van der Waals surface area contributed by atoms with Gasteiger partial charge in [-0.1, -0.05) is 53.7 Å². The largest absolute Gasteiger partial charge is 0.396 e. The summed E-state index contributed by atoms with van der Waals surface area (Å²) >= 11 is 0. The van der Waals surface area contributed by atoms with Crippen LogP contribution in [0.25, 0.3) is 0 Å². The SMILES string of the molecule is C[C@H]1O[C@@H](O[C@H]2CC[C@@]3(C)[C@@H](CC[C@]4(C)[C@@H]3C=C[C@]35OC[C@@]6(CCC(C)(C)C[C@H]63)[C@H](O)C[C@]54C)[C@]2(C)CO)[C@H](O)[C@@H](O[C@@H]2O[C@H](CO)[C@@H](O)[C@H](O)[C@H]2O[C@@H]2OC[C@@H](O)[C@H](O)[C@H]2O)[C@H]1O. The van der Waals surface area contributed by atoms with Crippen LogP contribution >= 0.6 is 0 Å². The van der Waals surface area contributed by atoms with Crippen LogP contribution in [0.1, 0.15) is 99.8 Å². The van der Waals surface area contributed by atoms with Gasteiger partial charge in [0.15, 0.2) is 18.9 Å². The molecule has 8 fully saturated rings. The summed E-state index contributed by atoms with van der Waals surface area (Å²) in [7, 11) is 0. The number of ether oxygens (including phenoxy) is 7. The average Bonchev–Trinajstić information content (AvgIpc) is 3.52. The van der Waals surface area contributed by atoms with E-state index < -0.39 is 122 Å². The van der Waals surface area contributed by atoms with E-state index in [4.69, 9.17) is 33.2 Å². The van der Waals surface area contributed by atoms with Crippen molar-refractivity contribution in [3.8, 4) is 0 Å². The number of fused-ring (bicyclic) bond motifs is 4. The lowest BCUT2D eigenvalue weighted by Crippen LogP contribution is -2.72. The molecule has 2 bridgehead atoms. The summed E-state index contributed by atoms with van der Waals surface area (Å²) in [5, 5.41) is 110. The highest BCUT2D eigenvalue weighted by molar-refractivity contribution is 5.36. The van der Waals surface area contributed by atoms with E-state index in [0.717, 1.165) is 38.5 Å². The molecule has 17 heteroatoms. The van der Waals surface area contributed by atoms with Crippen molar-refractivity contribution < 1.29 is 84.2 Å². The third-order valence-electron chi connectivity index (χ3n) is 19.6. The molecule has 0 amide bonds. The molecule has 366 valence electrons. The van der Waals surface area contributed by atoms with Crippen LogP contribution in [0, 0.1) is 50.2 Å². The van der Waals surface area contributed by atoms with Gasteiger partial charge in [-0.15, -0.1) is 0 Å². The quantitative estimate of drug-likeness (QED) is 0.116. The minimum Gasteiger partial charge on any atom is -0.396 e. The summed E-state index contributed by atoms with van der Waals surface area (Å²) in [5.41, 5.74) is -2.19. The standard InChI is InChI=1S/C47H76O17/c1-22-30(52)36(63-40-37(33(55)32(54)24(18-48)61-40)64-38-34(56)31(53)23(50)19-58-38)35(57)39(60-22)62-29-10-11-42(4)25(43(29,5)20-49)8-12-44(6)26(42)9-13-47-27-16-41(2,3)14-15-46(27,21-59-47)28(51)17-45(44,47)7/h9,13,22-40,48-57H,8,10-12,14-21H2,1-7H3/t22-,23-,24-,25-,26-,27-,28-,29+,30+,31+,32-,33+,34-,35-,36+,37-,38+,39+,40+,42+,43+,44-,45+,46-,47+/m1/s1. The van der Waals surface area contributed by atoms with Gasteiger partial charge < -0.3 is 84.2 Å². The summed E-state index contributed by atoms with van der Waals surface area (Å²) in [6.45, 7) is 14.7. The number of hydrogen-bond acceptors (Lipinski definition) is 17. The van der Waals surface area contributed by atoms with E-state index in [1.807, 2.05) is 6.92 Å². The fraction of sp³-hybridized carbons (Fsp3) is 0.957. The molecule has 4 aliphatic heterocycles. The van der Waals surface area contributed by atoms with Crippen LogP contribution in [-0.4, -0.2) is 181 Å². The first-order chi connectivity index (χ1) is 30.0. The van der Waals surface area contributed by atoms with Gasteiger partial charge in [0.2, 0.25) is 0 Å². The number of rotatable bonds is 8. The highest BCUT2D eigenvalue weighted by Crippen LogP contribution is 2.79. The first kappa shape index (κ1) is 48.1. The molecular weight excluding hydrogens is 837 g/mol. The Hall–Kier alpha value is -0.940. The van der Waals surface area contributed by atoms with Gasteiger partial charge in [-0.3, -0.25) is 0 Å². The molecule has 0 aromatic heterocycles. The maximum atomic E-state index is 12.2. The Balaban J connectivity index is 0.954. The lowest BCUT2D eigenvalue weighted by Gasteiger charge is -2.73. The van der Waals surface area contributed by atoms with E-state index in [9.17, 15) is 51.1 Å². The zero-order valence-electron chi connectivity index (χ0n) is 38.4. The zero-order valence-corrected chi connectivity index (χ0v) is 38.4. The Morgan fingerprint density at radius 2 is 1.39 bits per heavy atom. The molecule has 0 radical (unpaired) electrons.